The van der Waals surface area contributed by atoms with Crippen LogP contribution in [0, 0.1) is 0 Å². The Hall–Kier alpha value is -3.51. The molecule has 0 aliphatic rings. The highest BCUT2D eigenvalue weighted by Gasteiger charge is 2.24. The van der Waals surface area contributed by atoms with Crippen molar-refractivity contribution in [1.29, 1.82) is 0 Å². The van der Waals surface area contributed by atoms with Gasteiger partial charge in [0.1, 0.15) is 18.2 Å². The number of benzene rings is 1. The van der Waals surface area contributed by atoms with Crippen LogP contribution in [0.1, 0.15) is 0 Å². The van der Waals surface area contributed by atoms with E-state index in [1.807, 2.05) is 0 Å². The maximum absolute atomic E-state index is 13.1. The largest absolute Gasteiger partial charge is 0.484 e. The number of methoxy groups -OCH3 is 1. The van der Waals surface area contributed by atoms with E-state index in [0.717, 1.165) is 0 Å². The summed E-state index contributed by atoms with van der Waals surface area (Å²) in [4.78, 5) is 19.2. The Morgan fingerprint density at radius 1 is 1.22 bits per heavy atom. The van der Waals surface area contributed by atoms with Crippen molar-refractivity contribution in [1.82, 2.24) is 24.9 Å². The quantitative estimate of drug-likeness (QED) is 0.394. The van der Waals surface area contributed by atoms with Crippen molar-refractivity contribution < 1.29 is 22.3 Å². The summed E-state index contributed by atoms with van der Waals surface area (Å²) >= 11 is 6.34. The average Bonchev–Trinajstić information content (AvgIpc) is 3.23. The number of fused-ring (bicyclic) bond motifs is 1. The zero-order chi connectivity index (χ0) is 22.7. The summed E-state index contributed by atoms with van der Waals surface area (Å²) in [5.41, 5.74) is 0.927. The number of ether oxygens (including phenoxy) is 2. The minimum Gasteiger partial charge on any atom is -0.484 e. The Balaban J connectivity index is 1.72. The molecule has 0 saturated heterocycles. The highest BCUT2D eigenvalue weighted by atomic mass is 35.5. The molecule has 166 valence electrons. The van der Waals surface area contributed by atoms with Gasteiger partial charge in [-0.25, -0.2) is 32.5 Å². The lowest BCUT2D eigenvalue weighted by Gasteiger charge is -2.11. The van der Waals surface area contributed by atoms with Crippen molar-refractivity contribution in [2.24, 2.45) is 0 Å². The smallest absolute Gasteiger partial charge is 0.266 e. The van der Waals surface area contributed by atoms with Crippen LogP contribution in [-0.2, 0) is 10.0 Å². The lowest BCUT2D eigenvalue weighted by Crippen LogP contribution is -2.15. The second-order valence-electron chi connectivity index (χ2n) is 6.28. The molecule has 0 unspecified atom stereocenters. The molecule has 10 nitrogen and oxygen atoms in total. The number of nitrogens with one attached hydrogen (secondary N) is 2. The summed E-state index contributed by atoms with van der Waals surface area (Å²) in [6, 6.07) is 4.80. The maximum Gasteiger partial charge on any atom is 0.266 e. The van der Waals surface area contributed by atoms with E-state index in [0.29, 0.717) is 27.3 Å². The van der Waals surface area contributed by atoms with E-state index in [4.69, 9.17) is 21.1 Å². The summed E-state index contributed by atoms with van der Waals surface area (Å²) in [7, 11) is -2.79. The minimum atomic E-state index is -4.11. The van der Waals surface area contributed by atoms with Crippen LogP contribution in [0.4, 0.5) is 10.3 Å². The summed E-state index contributed by atoms with van der Waals surface area (Å²) in [6.07, 6.45) is 5.64. The molecule has 4 aromatic rings. The number of rotatable bonds is 8. The van der Waals surface area contributed by atoms with Gasteiger partial charge in [0.2, 0.25) is 5.95 Å². The molecule has 13 heteroatoms. The second-order valence-corrected chi connectivity index (χ2v) is 8.34. The molecular weight excluding hydrogens is 463 g/mol. The summed E-state index contributed by atoms with van der Waals surface area (Å²) in [6.45, 7) is -0.922. The number of halogens is 2. The molecule has 0 bridgehead atoms. The van der Waals surface area contributed by atoms with Crippen molar-refractivity contribution in [3.05, 3.63) is 48.0 Å². The van der Waals surface area contributed by atoms with Crippen LogP contribution in [-0.4, -0.2) is 53.7 Å². The number of alkyl halides is 1. The van der Waals surface area contributed by atoms with E-state index < -0.39 is 16.7 Å². The predicted octanol–water partition coefficient (Wildman–Crippen LogP) is 3.23. The van der Waals surface area contributed by atoms with Crippen LogP contribution >= 0.6 is 11.6 Å². The Morgan fingerprint density at radius 2 is 2.00 bits per heavy atom. The molecule has 0 aliphatic carbocycles. The third-order valence-electron chi connectivity index (χ3n) is 4.32. The van der Waals surface area contributed by atoms with E-state index in [2.05, 4.69) is 29.6 Å². The number of nitrogens with zero attached hydrogens (tertiary/aromatic N) is 4. The number of aromatic amines is 1. The number of H-pyrrole nitrogens is 1. The van der Waals surface area contributed by atoms with E-state index in [1.54, 1.807) is 30.6 Å². The standard InChI is InChI=1S/C19H16ClFN6O4S/c1-30-18-13(31-8-5-21)9-25-19(26-18)27-32(28,29)14-10-24-16-11(14)3-4-12(20)15(16)17-22-6-2-7-23-17/h2-4,6-7,9-10,24H,5,8H2,1H3,(H,25,26,27). The fourth-order valence-corrected chi connectivity index (χ4v) is 4.35. The number of sulfonamides is 1. The van der Waals surface area contributed by atoms with Crippen molar-refractivity contribution in [3.8, 4) is 23.0 Å². The van der Waals surface area contributed by atoms with Gasteiger partial charge in [0.15, 0.2) is 11.6 Å². The highest BCUT2D eigenvalue weighted by molar-refractivity contribution is 7.93. The van der Waals surface area contributed by atoms with Crippen LogP contribution in [0.5, 0.6) is 11.6 Å². The van der Waals surface area contributed by atoms with Gasteiger partial charge in [-0.15, -0.1) is 0 Å². The molecule has 0 saturated carbocycles. The molecule has 3 heterocycles. The number of hydrogen-bond acceptors (Lipinski definition) is 8. The summed E-state index contributed by atoms with van der Waals surface area (Å²) in [5.74, 6) is 0.144. The Labute approximate surface area is 186 Å². The Kier molecular flexibility index (Phi) is 6.06. The lowest BCUT2D eigenvalue weighted by atomic mass is 10.1. The molecule has 1 aromatic carbocycles. The summed E-state index contributed by atoms with van der Waals surface area (Å²) in [5, 5.41) is 0.735. The van der Waals surface area contributed by atoms with Crippen LogP contribution in [0.15, 0.2) is 47.9 Å². The monoisotopic (exact) mass is 478 g/mol. The first kappa shape index (κ1) is 21.7. The fraction of sp³-hybridized carbons (Fsp3) is 0.158. The Bertz CT molecular complexity index is 1370. The van der Waals surface area contributed by atoms with Gasteiger partial charge in [-0.3, -0.25) is 0 Å². The van der Waals surface area contributed by atoms with E-state index in [9.17, 15) is 12.8 Å². The number of aromatic nitrogens is 5. The molecule has 0 spiro atoms. The minimum absolute atomic E-state index is 0.0413. The van der Waals surface area contributed by atoms with E-state index >= 15 is 0 Å². The molecular formula is C19H16ClFN6O4S. The lowest BCUT2D eigenvalue weighted by molar-refractivity contribution is 0.256. The normalized spacial score (nSPS) is 11.5. The zero-order valence-electron chi connectivity index (χ0n) is 16.5. The molecule has 4 rings (SSSR count). The molecule has 0 radical (unpaired) electrons. The molecule has 32 heavy (non-hydrogen) atoms. The van der Waals surface area contributed by atoms with Crippen LogP contribution in [0.3, 0.4) is 0 Å². The predicted molar refractivity (Wildman–Crippen MR) is 115 cm³/mol. The van der Waals surface area contributed by atoms with Gasteiger partial charge in [0, 0.05) is 24.0 Å². The fourth-order valence-electron chi connectivity index (χ4n) is 2.99. The first-order valence-electron chi connectivity index (χ1n) is 9.14. The van der Waals surface area contributed by atoms with Crippen molar-refractivity contribution in [2.75, 3.05) is 25.1 Å². The number of anilines is 1. The maximum atomic E-state index is 13.1. The van der Waals surface area contributed by atoms with Gasteiger partial charge in [-0.05, 0) is 18.2 Å². The van der Waals surface area contributed by atoms with Crippen LogP contribution < -0.4 is 14.2 Å². The van der Waals surface area contributed by atoms with Gasteiger partial charge in [-0.1, -0.05) is 11.6 Å². The molecule has 2 N–H and O–H groups in total. The molecule has 0 fully saturated rings. The Morgan fingerprint density at radius 3 is 2.72 bits per heavy atom. The molecule has 0 amide bonds. The van der Waals surface area contributed by atoms with Crippen molar-refractivity contribution in [2.45, 2.75) is 4.90 Å². The van der Waals surface area contributed by atoms with Gasteiger partial charge >= 0.3 is 0 Å². The van der Waals surface area contributed by atoms with Crippen molar-refractivity contribution in [3.63, 3.8) is 0 Å². The van der Waals surface area contributed by atoms with Crippen molar-refractivity contribution >= 4 is 38.5 Å². The first-order chi connectivity index (χ1) is 15.4. The summed E-state index contributed by atoms with van der Waals surface area (Å²) < 4.78 is 51.0. The van der Waals surface area contributed by atoms with E-state index in [1.165, 1.54) is 19.5 Å². The molecule has 0 atom stereocenters. The highest BCUT2D eigenvalue weighted by Crippen LogP contribution is 2.36. The second kappa shape index (κ2) is 8.93. The SMILES string of the molecule is COc1nc(NS(=O)(=O)c2c[nH]c3c(-c4ncccn4)c(Cl)ccc23)ncc1OCCF. The van der Waals surface area contributed by atoms with Gasteiger partial charge in [0.25, 0.3) is 15.9 Å². The molecule has 3 aromatic heterocycles. The third kappa shape index (κ3) is 4.14. The van der Waals surface area contributed by atoms with Gasteiger partial charge in [-0.2, -0.15) is 4.98 Å². The average molecular weight is 479 g/mol. The van der Waals surface area contributed by atoms with Crippen LogP contribution in [0.25, 0.3) is 22.3 Å². The third-order valence-corrected chi connectivity index (χ3v) is 6.01. The van der Waals surface area contributed by atoms with Crippen LogP contribution in [0.2, 0.25) is 5.02 Å². The zero-order valence-corrected chi connectivity index (χ0v) is 18.1. The number of hydrogen-bond donors (Lipinski definition) is 2. The molecule has 0 aliphatic heterocycles. The van der Waals surface area contributed by atoms with Gasteiger partial charge in [0.05, 0.1) is 29.4 Å². The van der Waals surface area contributed by atoms with E-state index in [-0.39, 0.29) is 29.1 Å². The van der Waals surface area contributed by atoms with Gasteiger partial charge < -0.3 is 14.5 Å². The topological polar surface area (TPSA) is 132 Å². The first-order valence-corrected chi connectivity index (χ1v) is 11.0.